The van der Waals surface area contributed by atoms with Crippen molar-refractivity contribution in [3.05, 3.63) is 23.9 Å². The van der Waals surface area contributed by atoms with Crippen LogP contribution in [0.2, 0.25) is 0 Å². The Morgan fingerprint density at radius 3 is 3.00 bits per heavy atom. The van der Waals surface area contributed by atoms with Crippen LogP contribution < -0.4 is 11.1 Å². The largest absolute Gasteiger partial charge is 0.370 e. The molecule has 1 aromatic rings. The van der Waals surface area contributed by atoms with Gasteiger partial charge in [0.05, 0.1) is 0 Å². The van der Waals surface area contributed by atoms with E-state index in [0.717, 1.165) is 25.2 Å². The van der Waals surface area contributed by atoms with Gasteiger partial charge >= 0.3 is 0 Å². The lowest BCUT2D eigenvalue weighted by Crippen LogP contribution is -2.06. The second-order valence-electron chi connectivity index (χ2n) is 2.94. The maximum atomic E-state index is 8.61. The minimum Gasteiger partial charge on any atom is -0.370 e. The Bertz CT molecular complexity index is 316. The summed E-state index contributed by atoms with van der Waals surface area (Å²) in [6.45, 7) is 1.56. The molecule has 1 heterocycles. The van der Waals surface area contributed by atoms with Gasteiger partial charge in [0.1, 0.15) is 17.6 Å². The molecule has 0 radical (unpaired) electrons. The highest BCUT2D eigenvalue weighted by Gasteiger charge is 1.94. The van der Waals surface area contributed by atoms with Gasteiger partial charge in [-0.15, -0.1) is 0 Å². The Kier molecular flexibility index (Phi) is 4.45. The zero-order valence-electron chi connectivity index (χ0n) is 8.03. The number of rotatable bonds is 5. The molecular weight excluding hydrogens is 176 g/mol. The number of unbranched alkanes of at least 4 members (excludes halogenated alkanes) is 1. The number of nitriles is 1. The summed E-state index contributed by atoms with van der Waals surface area (Å²) in [5, 5.41) is 11.8. The van der Waals surface area contributed by atoms with Crippen LogP contribution in [-0.4, -0.2) is 18.1 Å². The highest BCUT2D eigenvalue weighted by molar-refractivity contribution is 5.38. The van der Waals surface area contributed by atoms with Crippen LogP contribution in [0.4, 0.5) is 5.82 Å². The summed E-state index contributed by atoms with van der Waals surface area (Å²) in [6, 6.07) is 7.35. The molecule has 4 heteroatoms. The summed E-state index contributed by atoms with van der Waals surface area (Å²) in [4.78, 5) is 4.09. The third-order valence-electron chi connectivity index (χ3n) is 1.80. The fourth-order valence-electron chi connectivity index (χ4n) is 1.08. The maximum absolute atomic E-state index is 8.61. The molecule has 14 heavy (non-hydrogen) atoms. The van der Waals surface area contributed by atoms with Gasteiger partial charge in [-0.25, -0.2) is 4.98 Å². The highest BCUT2D eigenvalue weighted by Crippen LogP contribution is 2.03. The van der Waals surface area contributed by atoms with Gasteiger partial charge in [0.25, 0.3) is 0 Å². The Balaban J connectivity index is 2.39. The predicted octanol–water partition coefficient (Wildman–Crippen LogP) is 1.10. The van der Waals surface area contributed by atoms with Crippen molar-refractivity contribution in [2.45, 2.75) is 12.8 Å². The van der Waals surface area contributed by atoms with E-state index in [1.165, 1.54) is 0 Å². The molecular formula is C10H14N4. The first-order valence-corrected chi connectivity index (χ1v) is 4.68. The number of hydrogen-bond donors (Lipinski definition) is 2. The Hall–Kier alpha value is -1.60. The van der Waals surface area contributed by atoms with Crippen LogP contribution in [0.15, 0.2) is 18.2 Å². The van der Waals surface area contributed by atoms with Crippen molar-refractivity contribution in [1.82, 2.24) is 4.98 Å². The van der Waals surface area contributed by atoms with Gasteiger partial charge in [0.15, 0.2) is 0 Å². The monoisotopic (exact) mass is 190 g/mol. The van der Waals surface area contributed by atoms with E-state index in [1.54, 1.807) is 6.07 Å². The molecule has 0 saturated carbocycles. The molecule has 0 fully saturated rings. The van der Waals surface area contributed by atoms with Crippen molar-refractivity contribution in [2.24, 2.45) is 5.73 Å². The minimum atomic E-state index is 0.439. The smallest absolute Gasteiger partial charge is 0.142 e. The molecule has 1 aromatic heterocycles. The molecule has 0 atom stereocenters. The van der Waals surface area contributed by atoms with E-state index in [1.807, 2.05) is 18.2 Å². The van der Waals surface area contributed by atoms with Gasteiger partial charge in [0.2, 0.25) is 0 Å². The van der Waals surface area contributed by atoms with Crippen LogP contribution in [0.1, 0.15) is 18.5 Å². The molecule has 0 spiro atoms. The summed E-state index contributed by atoms with van der Waals surface area (Å²) in [5.74, 6) is 0.751. The average molecular weight is 190 g/mol. The zero-order chi connectivity index (χ0) is 10.2. The summed E-state index contributed by atoms with van der Waals surface area (Å²) >= 11 is 0. The lowest BCUT2D eigenvalue weighted by Gasteiger charge is -2.04. The second-order valence-corrected chi connectivity index (χ2v) is 2.94. The van der Waals surface area contributed by atoms with E-state index in [9.17, 15) is 0 Å². The number of nitrogens with two attached hydrogens (primary N) is 1. The standard InChI is InChI=1S/C10H14N4/c11-6-1-2-7-13-10-5-3-4-9(8-12)14-10/h3-5H,1-2,6-7,11H2,(H,13,14). The third-order valence-corrected chi connectivity index (χ3v) is 1.80. The van der Waals surface area contributed by atoms with E-state index < -0.39 is 0 Å². The number of hydrogen-bond acceptors (Lipinski definition) is 4. The fourth-order valence-corrected chi connectivity index (χ4v) is 1.08. The van der Waals surface area contributed by atoms with Crippen molar-refractivity contribution in [2.75, 3.05) is 18.4 Å². The van der Waals surface area contributed by atoms with Crippen LogP contribution in [-0.2, 0) is 0 Å². The van der Waals surface area contributed by atoms with Crippen molar-refractivity contribution < 1.29 is 0 Å². The van der Waals surface area contributed by atoms with Crippen LogP contribution in [0.25, 0.3) is 0 Å². The van der Waals surface area contributed by atoms with Gasteiger partial charge < -0.3 is 11.1 Å². The predicted molar refractivity (Wildman–Crippen MR) is 55.7 cm³/mol. The van der Waals surface area contributed by atoms with Crippen molar-refractivity contribution in [1.29, 1.82) is 5.26 Å². The lowest BCUT2D eigenvalue weighted by atomic mass is 10.3. The van der Waals surface area contributed by atoms with E-state index in [0.29, 0.717) is 12.2 Å². The van der Waals surface area contributed by atoms with Gasteiger partial charge in [0, 0.05) is 6.54 Å². The van der Waals surface area contributed by atoms with Gasteiger partial charge in [-0.05, 0) is 31.5 Å². The molecule has 0 aliphatic rings. The first-order chi connectivity index (χ1) is 6.86. The SMILES string of the molecule is N#Cc1cccc(NCCCCN)n1. The van der Waals surface area contributed by atoms with E-state index in [2.05, 4.69) is 10.3 Å². The number of anilines is 1. The maximum Gasteiger partial charge on any atom is 0.142 e. The number of pyridine rings is 1. The summed E-state index contributed by atoms with van der Waals surface area (Å²) < 4.78 is 0. The molecule has 0 unspecified atom stereocenters. The summed E-state index contributed by atoms with van der Waals surface area (Å²) in [5.41, 5.74) is 5.81. The van der Waals surface area contributed by atoms with Crippen LogP contribution >= 0.6 is 0 Å². The average Bonchev–Trinajstić information content (AvgIpc) is 2.25. The van der Waals surface area contributed by atoms with E-state index in [4.69, 9.17) is 11.0 Å². The first kappa shape index (κ1) is 10.5. The van der Waals surface area contributed by atoms with Gasteiger partial charge in [-0.2, -0.15) is 5.26 Å². The molecule has 0 saturated heterocycles. The van der Waals surface area contributed by atoms with Crippen LogP contribution in [0.3, 0.4) is 0 Å². The molecule has 4 nitrogen and oxygen atoms in total. The summed E-state index contributed by atoms with van der Waals surface area (Å²) in [7, 11) is 0. The molecule has 0 aliphatic heterocycles. The summed E-state index contributed by atoms with van der Waals surface area (Å²) in [6.07, 6.45) is 2.03. The second kappa shape index (κ2) is 5.95. The van der Waals surface area contributed by atoms with Crippen LogP contribution in [0, 0.1) is 11.3 Å². The Morgan fingerprint density at radius 1 is 1.43 bits per heavy atom. The lowest BCUT2D eigenvalue weighted by molar-refractivity contribution is 0.772. The quantitative estimate of drug-likeness (QED) is 0.682. The van der Waals surface area contributed by atoms with Crippen LogP contribution in [0.5, 0.6) is 0 Å². The Morgan fingerprint density at radius 2 is 2.29 bits per heavy atom. The van der Waals surface area contributed by atoms with Crippen molar-refractivity contribution in [3.8, 4) is 6.07 Å². The number of aromatic nitrogens is 1. The molecule has 0 aliphatic carbocycles. The fraction of sp³-hybridized carbons (Fsp3) is 0.400. The van der Waals surface area contributed by atoms with E-state index in [-0.39, 0.29) is 0 Å². The van der Waals surface area contributed by atoms with Gasteiger partial charge in [-0.3, -0.25) is 0 Å². The molecule has 0 amide bonds. The van der Waals surface area contributed by atoms with E-state index >= 15 is 0 Å². The number of nitrogens with one attached hydrogen (secondary N) is 1. The van der Waals surface area contributed by atoms with Crippen molar-refractivity contribution in [3.63, 3.8) is 0 Å². The number of nitrogens with zero attached hydrogens (tertiary/aromatic N) is 2. The Labute approximate surface area is 83.8 Å². The van der Waals surface area contributed by atoms with Gasteiger partial charge in [-0.1, -0.05) is 6.07 Å². The zero-order valence-corrected chi connectivity index (χ0v) is 8.03. The van der Waals surface area contributed by atoms with Crippen molar-refractivity contribution >= 4 is 5.82 Å². The highest BCUT2D eigenvalue weighted by atomic mass is 15.0. The molecule has 3 N–H and O–H groups in total. The molecule has 0 aromatic carbocycles. The minimum absolute atomic E-state index is 0.439. The first-order valence-electron chi connectivity index (χ1n) is 4.68. The molecule has 0 bridgehead atoms. The molecule has 1 rings (SSSR count). The third kappa shape index (κ3) is 3.42. The topological polar surface area (TPSA) is 74.7 Å². The molecule has 74 valence electrons. The normalized spacial score (nSPS) is 9.43.